The molecule has 1 aromatic carbocycles. The number of halogens is 2. The Balaban J connectivity index is 2.22. The Morgan fingerprint density at radius 2 is 2.11 bits per heavy atom. The van der Waals surface area contributed by atoms with Crippen LogP contribution in [0.1, 0.15) is 12.0 Å². The average molecular weight is 324 g/mol. The Morgan fingerprint density at radius 1 is 1.37 bits per heavy atom. The number of nitrogens with two attached hydrogens (primary N) is 1. The maximum atomic E-state index is 11.6. The fraction of sp³-hybridized carbons (Fsp3) is 0.500. The fourth-order valence-electron chi connectivity index (χ4n) is 2.38. The quantitative estimate of drug-likeness (QED) is 0.927. The second-order valence-electron chi connectivity index (χ2n) is 4.69. The van der Waals surface area contributed by atoms with Crippen molar-refractivity contribution in [2.24, 2.45) is 11.1 Å². The molecule has 2 N–H and O–H groups in total. The third kappa shape index (κ3) is 3.83. The Morgan fingerprint density at radius 3 is 2.79 bits per heavy atom. The van der Waals surface area contributed by atoms with Gasteiger partial charge in [-0.05, 0) is 36.6 Å². The van der Waals surface area contributed by atoms with Crippen LogP contribution in [0.25, 0.3) is 0 Å². The molecule has 0 aromatic heterocycles. The van der Waals surface area contributed by atoms with Crippen molar-refractivity contribution in [3.8, 4) is 0 Å². The van der Waals surface area contributed by atoms with Crippen molar-refractivity contribution in [3.05, 3.63) is 33.8 Å². The molecule has 1 saturated heterocycles. The Labute approximate surface area is 122 Å². The Kier molecular flexibility index (Phi) is 4.74. The summed E-state index contributed by atoms with van der Waals surface area (Å²) in [6.45, 7) is 0.783. The average Bonchev–Trinajstić information content (AvgIpc) is 2.33. The van der Waals surface area contributed by atoms with Crippen LogP contribution in [0.5, 0.6) is 0 Å². The number of primary sulfonamides is 1. The van der Waals surface area contributed by atoms with E-state index < -0.39 is 15.3 Å². The number of sulfonamides is 1. The summed E-state index contributed by atoms with van der Waals surface area (Å²) in [7, 11) is -3.57. The third-order valence-corrected chi connectivity index (χ3v) is 5.38. The molecule has 0 bridgehead atoms. The fourth-order valence-corrected chi connectivity index (χ4v) is 3.91. The Hall–Kier alpha value is -0.330. The van der Waals surface area contributed by atoms with E-state index >= 15 is 0 Å². The lowest BCUT2D eigenvalue weighted by Crippen LogP contribution is -2.42. The molecule has 0 amide bonds. The number of benzene rings is 1. The van der Waals surface area contributed by atoms with Gasteiger partial charge in [-0.2, -0.15) is 0 Å². The number of hydrogen-bond donors (Lipinski definition) is 1. The van der Waals surface area contributed by atoms with Gasteiger partial charge in [-0.3, -0.25) is 0 Å². The van der Waals surface area contributed by atoms with E-state index in [2.05, 4.69) is 0 Å². The lowest BCUT2D eigenvalue weighted by Gasteiger charge is -2.30. The summed E-state index contributed by atoms with van der Waals surface area (Å²) >= 11 is 12.0. The van der Waals surface area contributed by atoms with Crippen LogP contribution in [0.15, 0.2) is 18.2 Å². The molecule has 0 aliphatic carbocycles. The van der Waals surface area contributed by atoms with Crippen molar-refractivity contribution in [2.45, 2.75) is 18.1 Å². The highest BCUT2D eigenvalue weighted by atomic mass is 35.5. The smallest absolute Gasteiger partial charge is 0.212 e. The summed E-state index contributed by atoms with van der Waals surface area (Å²) in [5.41, 5.74) is 0.818. The van der Waals surface area contributed by atoms with Crippen molar-refractivity contribution >= 4 is 33.2 Å². The summed E-state index contributed by atoms with van der Waals surface area (Å²) in [6.07, 6.45) is 0.905. The number of rotatable bonds is 3. The molecule has 0 saturated carbocycles. The van der Waals surface area contributed by atoms with Crippen LogP contribution in [0.3, 0.4) is 0 Å². The van der Waals surface area contributed by atoms with Crippen molar-refractivity contribution in [2.75, 3.05) is 13.2 Å². The lowest BCUT2D eigenvalue weighted by molar-refractivity contribution is 0.0573. The van der Waals surface area contributed by atoms with E-state index in [9.17, 15) is 8.42 Å². The standard InChI is InChI=1S/C12H15Cl2NO3S/c13-10-1-2-11(14)8(6-10)5-9-7-18-4-3-12(9)19(15,16)17/h1-2,6,9,12H,3-5,7H2,(H2,15,16,17)/t9-,12-/m1/s1. The van der Waals surface area contributed by atoms with Gasteiger partial charge in [0.1, 0.15) is 0 Å². The molecule has 2 rings (SSSR count). The van der Waals surface area contributed by atoms with Gasteiger partial charge in [0.05, 0.1) is 11.9 Å². The highest BCUT2D eigenvalue weighted by molar-refractivity contribution is 7.89. The van der Waals surface area contributed by atoms with Crippen molar-refractivity contribution in [3.63, 3.8) is 0 Å². The van der Waals surface area contributed by atoms with Crippen LogP contribution < -0.4 is 5.14 Å². The zero-order chi connectivity index (χ0) is 14.0. The molecule has 1 aliphatic heterocycles. The summed E-state index contributed by atoms with van der Waals surface area (Å²) in [4.78, 5) is 0. The first-order valence-corrected chi connectivity index (χ1v) is 8.28. The van der Waals surface area contributed by atoms with Gasteiger partial charge in [0.25, 0.3) is 0 Å². The van der Waals surface area contributed by atoms with Gasteiger partial charge in [-0.15, -0.1) is 0 Å². The second kappa shape index (κ2) is 5.97. The predicted molar refractivity (Wildman–Crippen MR) is 76.0 cm³/mol. The monoisotopic (exact) mass is 323 g/mol. The molecular formula is C12H15Cl2NO3S. The van der Waals surface area contributed by atoms with Gasteiger partial charge >= 0.3 is 0 Å². The van der Waals surface area contributed by atoms with E-state index in [4.69, 9.17) is 33.1 Å². The van der Waals surface area contributed by atoms with Gasteiger partial charge in [0.2, 0.25) is 10.0 Å². The van der Waals surface area contributed by atoms with Crippen molar-refractivity contribution < 1.29 is 13.2 Å². The lowest BCUT2D eigenvalue weighted by atomic mass is 9.93. The zero-order valence-corrected chi connectivity index (χ0v) is 12.5. The molecule has 1 fully saturated rings. The molecule has 1 aromatic rings. The van der Waals surface area contributed by atoms with Crippen LogP contribution in [-0.4, -0.2) is 26.9 Å². The van der Waals surface area contributed by atoms with E-state index in [-0.39, 0.29) is 5.92 Å². The number of ether oxygens (including phenoxy) is 1. The van der Waals surface area contributed by atoms with Crippen molar-refractivity contribution in [1.82, 2.24) is 0 Å². The van der Waals surface area contributed by atoms with Gasteiger partial charge in [0.15, 0.2) is 0 Å². The topological polar surface area (TPSA) is 69.4 Å². The van der Waals surface area contributed by atoms with E-state index in [1.807, 2.05) is 0 Å². The van der Waals surface area contributed by atoms with E-state index in [0.717, 1.165) is 5.56 Å². The van der Waals surface area contributed by atoms with Gasteiger partial charge < -0.3 is 4.74 Å². The highest BCUT2D eigenvalue weighted by Crippen LogP contribution is 2.28. The zero-order valence-electron chi connectivity index (χ0n) is 10.2. The molecule has 0 unspecified atom stereocenters. The summed E-state index contributed by atoms with van der Waals surface area (Å²) in [5, 5.41) is 5.84. The minimum Gasteiger partial charge on any atom is -0.381 e. The van der Waals surface area contributed by atoms with Crippen LogP contribution in [-0.2, 0) is 21.2 Å². The molecule has 106 valence electrons. The minimum absolute atomic E-state index is 0.195. The van der Waals surface area contributed by atoms with E-state index in [1.165, 1.54) is 0 Å². The molecule has 0 radical (unpaired) electrons. The molecule has 19 heavy (non-hydrogen) atoms. The van der Waals surface area contributed by atoms with Crippen LogP contribution in [0, 0.1) is 5.92 Å². The first-order valence-electron chi connectivity index (χ1n) is 5.91. The molecule has 7 heteroatoms. The molecule has 4 nitrogen and oxygen atoms in total. The van der Waals surface area contributed by atoms with Crippen LogP contribution >= 0.6 is 23.2 Å². The maximum absolute atomic E-state index is 11.6. The van der Waals surface area contributed by atoms with Gasteiger partial charge in [0, 0.05) is 22.6 Å². The van der Waals surface area contributed by atoms with E-state index in [0.29, 0.717) is 36.1 Å². The van der Waals surface area contributed by atoms with Crippen LogP contribution in [0.2, 0.25) is 10.0 Å². The summed E-state index contributed by atoms with van der Waals surface area (Å²) < 4.78 is 28.6. The normalized spacial score (nSPS) is 24.4. The number of hydrogen-bond acceptors (Lipinski definition) is 3. The van der Waals surface area contributed by atoms with Gasteiger partial charge in [-0.1, -0.05) is 23.2 Å². The molecular weight excluding hydrogens is 309 g/mol. The highest BCUT2D eigenvalue weighted by Gasteiger charge is 2.34. The van der Waals surface area contributed by atoms with Gasteiger partial charge in [-0.25, -0.2) is 13.6 Å². The summed E-state index contributed by atoms with van der Waals surface area (Å²) in [6, 6.07) is 5.15. The maximum Gasteiger partial charge on any atom is 0.212 e. The first-order chi connectivity index (χ1) is 8.88. The SMILES string of the molecule is NS(=O)(=O)[C@@H]1CCOC[C@H]1Cc1cc(Cl)ccc1Cl. The van der Waals surface area contributed by atoms with Crippen molar-refractivity contribution in [1.29, 1.82) is 0 Å². The minimum atomic E-state index is -3.57. The largest absolute Gasteiger partial charge is 0.381 e. The molecule has 1 aliphatic rings. The van der Waals surface area contributed by atoms with Crippen LogP contribution in [0.4, 0.5) is 0 Å². The van der Waals surface area contributed by atoms with E-state index in [1.54, 1.807) is 18.2 Å². The molecule has 2 atom stereocenters. The Bertz CT molecular complexity index is 562. The molecule has 1 heterocycles. The summed E-state index contributed by atoms with van der Waals surface area (Å²) in [5.74, 6) is -0.195. The molecule has 0 spiro atoms. The third-order valence-electron chi connectivity index (χ3n) is 3.32. The predicted octanol–water partition coefficient (Wildman–Crippen LogP) is 2.23. The first kappa shape index (κ1) is 15.1. The second-order valence-corrected chi connectivity index (χ2v) is 7.32.